The summed E-state index contributed by atoms with van der Waals surface area (Å²) in [5.41, 5.74) is 2.50. The van der Waals surface area contributed by atoms with Crippen LogP contribution in [0.2, 0.25) is 0 Å². The second-order valence-electron chi connectivity index (χ2n) is 4.70. The van der Waals surface area contributed by atoms with Crippen molar-refractivity contribution in [3.63, 3.8) is 0 Å². The van der Waals surface area contributed by atoms with Gasteiger partial charge in [-0.05, 0) is 38.8 Å². The van der Waals surface area contributed by atoms with Crippen LogP contribution in [0.3, 0.4) is 0 Å². The maximum absolute atomic E-state index is 13.6. The van der Waals surface area contributed by atoms with E-state index in [1.165, 1.54) is 12.1 Å². The highest BCUT2D eigenvalue weighted by Gasteiger charge is 2.30. The molecule has 0 aliphatic rings. The minimum absolute atomic E-state index is 0.266. The Kier molecular flexibility index (Phi) is 5.19. The van der Waals surface area contributed by atoms with E-state index in [4.69, 9.17) is 10.6 Å². The molecule has 0 saturated heterocycles. The third-order valence-electron chi connectivity index (χ3n) is 3.00. The van der Waals surface area contributed by atoms with Crippen LogP contribution in [0.15, 0.2) is 18.2 Å². The molecule has 0 saturated carbocycles. The summed E-state index contributed by atoms with van der Waals surface area (Å²) in [5.74, 6) is 4.34. The minimum atomic E-state index is -0.586. The summed E-state index contributed by atoms with van der Waals surface area (Å²) in [6.07, 6.45) is 0.329. The summed E-state index contributed by atoms with van der Waals surface area (Å²) in [7, 11) is 0. The Labute approximate surface area is 106 Å². The number of hydrazine groups is 1. The second-order valence-corrected chi connectivity index (χ2v) is 4.70. The summed E-state index contributed by atoms with van der Waals surface area (Å²) in [4.78, 5) is 0. The number of nitrogens with two attached hydrogens (primary N) is 1. The van der Waals surface area contributed by atoms with Crippen molar-refractivity contribution in [2.45, 2.75) is 38.8 Å². The lowest BCUT2D eigenvalue weighted by Crippen LogP contribution is -2.52. The lowest BCUT2D eigenvalue weighted by molar-refractivity contribution is -0.0382. The van der Waals surface area contributed by atoms with E-state index in [-0.39, 0.29) is 6.04 Å². The SMILES string of the molecule is CCOC(C)(C)C(Cc1ccc(F)cc1F)NN. The number of rotatable bonds is 6. The molecular formula is C13H20F2N2O. The normalized spacial score (nSPS) is 13.7. The van der Waals surface area contributed by atoms with E-state index >= 15 is 0 Å². The van der Waals surface area contributed by atoms with Gasteiger partial charge in [-0.3, -0.25) is 11.3 Å². The topological polar surface area (TPSA) is 47.3 Å². The molecule has 0 radical (unpaired) electrons. The molecule has 0 aliphatic carbocycles. The van der Waals surface area contributed by atoms with Gasteiger partial charge in [0, 0.05) is 12.7 Å². The first kappa shape index (κ1) is 15.0. The number of halogens is 2. The number of nitrogens with one attached hydrogen (secondary N) is 1. The zero-order chi connectivity index (χ0) is 13.8. The molecule has 0 amide bonds. The first-order chi connectivity index (χ1) is 8.40. The van der Waals surface area contributed by atoms with E-state index in [1.54, 1.807) is 0 Å². The highest BCUT2D eigenvalue weighted by molar-refractivity contribution is 5.20. The number of hydrogen-bond donors (Lipinski definition) is 2. The molecule has 1 atom stereocenters. The van der Waals surface area contributed by atoms with Crippen molar-refractivity contribution in [2.24, 2.45) is 5.84 Å². The van der Waals surface area contributed by atoms with Crippen molar-refractivity contribution >= 4 is 0 Å². The fourth-order valence-corrected chi connectivity index (χ4v) is 1.89. The van der Waals surface area contributed by atoms with Crippen LogP contribution >= 0.6 is 0 Å². The summed E-state index contributed by atoms with van der Waals surface area (Å²) in [6.45, 7) is 6.18. The van der Waals surface area contributed by atoms with Gasteiger partial charge in [-0.25, -0.2) is 8.78 Å². The van der Waals surface area contributed by atoms with Gasteiger partial charge in [-0.2, -0.15) is 0 Å². The Hall–Kier alpha value is -1.04. The molecule has 0 aliphatic heterocycles. The second kappa shape index (κ2) is 6.22. The molecule has 0 heterocycles. The van der Waals surface area contributed by atoms with Crippen LogP contribution in [0.5, 0.6) is 0 Å². The highest BCUT2D eigenvalue weighted by atomic mass is 19.1. The van der Waals surface area contributed by atoms with E-state index in [0.29, 0.717) is 18.6 Å². The Morgan fingerprint density at radius 2 is 2.06 bits per heavy atom. The van der Waals surface area contributed by atoms with Gasteiger partial charge in [0.25, 0.3) is 0 Å². The average molecular weight is 258 g/mol. The predicted octanol–water partition coefficient (Wildman–Crippen LogP) is 2.15. The predicted molar refractivity (Wildman–Crippen MR) is 66.9 cm³/mol. The molecule has 1 aromatic rings. The number of ether oxygens (including phenoxy) is 1. The maximum Gasteiger partial charge on any atom is 0.129 e. The molecule has 0 aromatic heterocycles. The molecule has 102 valence electrons. The maximum atomic E-state index is 13.6. The molecule has 0 fully saturated rings. The molecule has 3 N–H and O–H groups in total. The zero-order valence-corrected chi connectivity index (χ0v) is 11.0. The van der Waals surface area contributed by atoms with Crippen molar-refractivity contribution in [3.05, 3.63) is 35.4 Å². The van der Waals surface area contributed by atoms with Crippen LogP contribution < -0.4 is 11.3 Å². The standard InChI is InChI=1S/C13H20F2N2O/c1-4-18-13(2,3)12(17-16)7-9-5-6-10(14)8-11(9)15/h5-6,8,12,17H,4,7,16H2,1-3H3. The fraction of sp³-hybridized carbons (Fsp3) is 0.538. The highest BCUT2D eigenvalue weighted by Crippen LogP contribution is 2.20. The molecule has 0 spiro atoms. The largest absolute Gasteiger partial charge is 0.374 e. The van der Waals surface area contributed by atoms with E-state index in [9.17, 15) is 8.78 Å². The van der Waals surface area contributed by atoms with Gasteiger partial charge in [0.15, 0.2) is 0 Å². The van der Waals surface area contributed by atoms with Crippen LogP contribution in [0, 0.1) is 11.6 Å². The Bertz CT molecular complexity index is 397. The number of hydrogen-bond acceptors (Lipinski definition) is 3. The molecular weight excluding hydrogens is 238 g/mol. The molecule has 18 heavy (non-hydrogen) atoms. The summed E-state index contributed by atoms with van der Waals surface area (Å²) >= 11 is 0. The van der Waals surface area contributed by atoms with Gasteiger partial charge in [-0.15, -0.1) is 0 Å². The third-order valence-corrected chi connectivity index (χ3v) is 3.00. The van der Waals surface area contributed by atoms with Crippen LogP contribution in [0.25, 0.3) is 0 Å². The van der Waals surface area contributed by atoms with E-state index in [1.807, 2.05) is 20.8 Å². The van der Waals surface area contributed by atoms with Crippen LogP contribution in [-0.4, -0.2) is 18.2 Å². The molecule has 1 aromatic carbocycles. The van der Waals surface area contributed by atoms with Crippen LogP contribution in [-0.2, 0) is 11.2 Å². The van der Waals surface area contributed by atoms with Gasteiger partial charge in [-0.1, -0.05) is 6.07 Å². The first-order valence-corrected chi connectivity index (χ1v) is 5.94. The summed E-state index contributed by atoms with van der Waals surface area (Å²) in [6, 6.07) is 3.27. The molecule has 1 unspecified atom stereocenters. The lowest BCUT2D eigenvalue weighted by Gasteiger charge is -2.33. The van der Waals surface area contributed by atoms with Crippen LogP contribution in [0.4, 0.5) is 8.78 Å². The van der Waals surface area contributed by atoms with Gasteiger partial charge in [0.1, 0.15) is 11.6 Å². The van der Waals surface area contributed by atoms with Gasteiger partial charge < -0.3 is 4.74 Å². The van der Waals surface area contributed by atoms with Crippen molar-refractivity contribution < 1.29 is 13.5 Å². The molecule has 3 nitrogen and oxygen atoms in total. The summed E-state index contributed by atoms with van der Waals surface area (Å²) < 4.78 is 32.0. The Balaban J connectivity index is 2.85. The number of benzene rings is 1. The third kappa shape index (κ3) is 3.73. The minimum Gasteiger partial charge on any atom is -0.374 e. The Morgan fingerprint density at radius 3 is 2.56 bits per heavy atom. The van der Waals surface area contributed by atoms with E-state index in [2.05, 4.69) is 5.43 Å². The quantitative estimate of drug-likeness (QED) is 0.607. The Morgan fingerprint density at radius 1 is 1.39 bits per heavy atom. The molecule has 0 bridgehead atoms. The molecule has 5 heteroatoms. The molecule has 1 rings (SSSR count). The van der Waals surface area contributed by atoms with Crippen molar-refractivity contribution in [1.82, 2.24) is 5.43 Å². The average Bonchev–Trinajstić information content (AvgIpc) is 2.27. The van der Waals surface area contributed by atoms with Crippen molar-refractivity contribution in [3.8, 4) is 0 Å². The van der Waals surface area contributed by atoms with Crippen molar-refractivity contribution in [1.29, 1.82) is 0 Å². The van der Waals surface area contributed by atoms with Gasteiger partial charge >= 0.3 is 0 Å². The van der Waals surface area contributed by atoms with E-state index < -0.39 is 17.2 Å². The first-order valence-electron chi connectivity index (χ1n) is 5.94. The zero-order valence-electron chi connectivity index (χ0n) is 11.0. The lowest BCUT2D eigenvalue weighted by atomic mass is 9.92. The van der Waals surface area contributed by atoms with E-state index in [0.717, 1.165) is 6.07 Å². The monoisotopic (exact) mass is 258 g/mol. The van der Waals surface area contributed by atoms with Crippen molar-refractivity contribution in [2.75, 3.05) is 6.61 Å². The van der Waals surface area contributed by atoms with Crippen LogP contribution in [0.1, 0.15) is 26.3 Å². The summed E-state index contributed by atoms with van der Waals surface area (Å²) in [5, 5.41) is 0. The van der Waals surface area contributed by atoms with Gasteiger partial charge in [0.05, 0.1) is 11.6 Å². The smallest absolute Gasteiger partial charge is 0.129 e. The van der Waals surface area contributed by atoms with Gasteiger partial charge in [0.2, 0.25) is 0 Å². The fourth-order valence-electron chi connectivity index (χ4n) is 1.89.